The summed E-state index contributed by atoms with van der Waals surface area (Å²) in [5, 5.41) is -0.177. The number of amides is 1. The van der Waals surface area contributed by atoms with Crippen molar-refractivity contribution in [3.05, 3.63) is 0 Å². The number of hydrogen-bond donors (Lipinski definition) is 0. The zero-order chi connectivity index (χ0) is 16.0. The molecule has 6 nitrogen and oxygen atoms in total. The molecule has 0 aromatic carbocycles. The molecule has 3 aliphatic rings. The lowest BCUT2D eigenvalue weighted by molar-refractivity contribution is -0.137. The summed E-state index contributed by atoms with van der Waals surface area (Å²) in [5.74, 6) is 0.171. The Bertz CT molecular complexity index is 544. The maximum Gasteiger partial charge on any atom is 0.230 e. The van der Waals surface area contributed by atoms with E-state index in [9.17, 15) is 13.2 Å². The van der Waals surface area contributed by atoms with Crippen LogP contribution in [0.15, 0.2) is 0 Å². The molecule has 0 aromatic rings. The Morgan fingerprint density at radius 3 is 2.59 bits per heavy atom. The normalized spacial score (nSPS) is 30.7. The van der Waals surface area contributed by atoms with Crippen molar-refractivity contribution in [1.29, 1.82) is 0 Å². The van der Waals surface area contributed by atoms with E-state index < -0.39 is 15.4 Å². The van der Waals surface area contributed by atoms with Crippen LogP contribution in [0.4, 0.5) is 0 Å². The van der Waals surface area contributed by atoms with E-state index >= 15 is 0 Å². The van der Waals surface area contributed by atoms with Gasteiger partial charge < -0.3 is 9.80 Å². The predicted molar refractivity (Wildman–Crippen MR) is 84.9 cm³/mol. The predicted octanol–water partition coefficient (Wildman–Crippen LogP) is 0.355. The average molecular weight is 329 g/mol. The molecule has 126 valence electrons. The molecule has 0 bridgehead atoms. The lowest BCUT2D eigenvalue weighted by Gasteiger charge is -2.38. The minimum atomic E-state index is -3.16. The van der Waals surface area contributed by atoms with Crippen LogP contribution in [0.25, 0.3) is 0 Å². The van der Waals surface area contributed by atoms with Crippen LogP contribution in [0.2, 0.25) is 0 Å². The van der Waals surface area contributed by atoms with E-state index in [1.165, 1.54) is 0 Å². The fourth-order valence-electron chi connectivity index (χ4n) is 3.69. The maximum atomic E-state index is 12.8. The third-order valence-corrected chi connectivity index (χ3v) is 7.61. The van der Waals surface area contributed by atoms with Crippen LogP contribution in [-0.4, -0.2) is 80.5 Å². The zero-order valence-electron chi connectivity index (χ0n) is 13.6. The van der Waals surface area contributed by atoms with Crippen LogP contribution in [0.5, 0.6) is 0 Å². The molecular weight excluding hydrogens is 302 g/mol. The van der Waals surface area contributed by atoms with Crippen molar-refractivity contribution < 1.29 is 13.2 Å². The number of carbonyl (C=O) groups is 1. The number of likely N-dealkylation sites (N-methyl/N-ethyl adjacent to an activating group) is 1. The number of carbonyl (C=O) groups excluding carboxylic acids is 1. The topological polar surface area (TPSA) is 60.9 Å². The zero-order valence-corrected chi connectivity index (χ0v) is 14.4. The van der Waals surface area contributed by atoms with Crippen LogP contribution in [0.3, 0.4) is 0 Å². The quantitative estimate of drug-likeness (QED) is 0.730. The van der Waals surface area contributed by atoms with Crippen LogP contribution < -0.4 is 0 Å². The molecule has 22 heavy (non-hydrogen) atoms. The Kier molecular flexibility index (Phi) is 4.24. The highest BCUT2D eigenvalue weighted by atomic mass is 32.2. The standard InChI is InChI=1S/C15H27N3O3S/c1-16(2)10-11-17-9-7-15(14(17)19)6-3-8-18(12-15)22(20,21)13-4-5-13/h13H,3-12H2,1-2H3. The number of rotatable bonds is 5. The molecule has 0 aromatic heterocycles. The number of hydrogen-bond acceptors (Lipinski definition) is 4. The largest absolute Gasteiger partial charge is 0.341 e. The highest BCUT2D eigenvalue weighted by Gasteiger charge is 2.52. The van der Waals surface area contributed by atoms with Gasteiger partial charge in [0.1, 0.15) is 0 Å². The van der Waals surface area contributed by atoms with Crippen LogP contribution in [-0.2, 0) is 14.8 Å². The first kappa shape index (κ1) is 16.2. The second-order valence-corrected chi connectivity index (χ2v) is 9.52. The van der Waals surface area contributed by atoms with Crippen molar-refractivity contribution in [1.82, 2.24) is 14.1 Å². The molecule has 1 unspecified atom stereocenters. The monoisotopic (exact) mass is 329 g/mol. The van der Waals surface area contributed by atoms with Gasteiger partial charge in [0.05, 0.1) is 10.7 Å². The van der Waals surface area contributed by atoms with E-state index in [1.54, 1.807) is 4.31 Å². The lowest BCUT2D eigenvalue weighted by Crippen LogP contribution is -2.50. The fourth-order valence-corrected chi connectivity index (χ4v) is 5.65. The molecule has 3 rings (SSSR count). The Labute approximate surface area is 133 Å². The summed E-state index contributed by atoms with van der Waals surface area (Å²) >= 11 is 0. The fraction of sp³-hybridized carbons (Fsp3) is 0.933. The number of nitrogens with zero attached hydrogens (tertiary/aromatic N) is 3. The van der Waals surface area contributed by atoms with Gasteiger partial charge in [-0.2, -0.15) is 0 Å². The number of piperidine rings is 1. The molecule has 2 saturated heterocycles. The number of likely N-dealkylation sites (tertiary alicyclic amines) is 1. The summed E-state index contributed by atoms with van der Waals surface area (Å²) in [7, 11) is 0.837. The average Bonchev–Trinajstić information content (AvgIpc) is 3.28. The summed E-state index contributed by atoms with van der Waals surface area (Å²) in [6.45, 7) is 3.35. The van der Waals surface area contributed by atoms with Gasteiger partial charge in [-0.15, -0.1) is 0 Å². The Hall–Kier alpha value is -0.660. The summed E-state index contributed by atoms with van der Waals surface area (Å²) in [5.41, 5.74) is -0.452. The maximum absolute atomic E-state index is 12.8. The molecule has 1 atom stereocenters. The molecule has 2 aliphatic heterocycles. The molecule has 3 fully saturated rings. The minimum Gasteiger partial charge on any atom is -0.341 e. The van der Waals surface area contributed by atoms with Gasteiger partial charge in [-0.1, -0.05) is 0 Å². The minimum absolute atomic E-state index is 0.171. The van der Waals surface area contributed by atoms with Crippen molar-refractivity contribution in [3.8, 4) is 0 Å². The number of sulfonamides is 1. The SMILES string of the molecule is CN(C)CCN1CCC2(CCCN(S(=O)(=O)C3CC3)C2)C1=O. The van der Waals surface area contributed by atoms with Crippen molar-refractivity contribution in [2.75, 3.05) is 46.8 Å². The van der Waals surface area contributed by atoms with Gasteiger partial charge in [0.2, 0.25) is 15.9 Å². The summed E-state index contributed by atoms with van der Waals surface area (Å²) in [6, 6.07) is 0. The second-order valence-electron chi connectivity index (χ2n) is 7.31. The molecule has 2 heterocycles. The first-order valence-electron chi connectivity index (χ1n) is 8.28. The van der Waals surface area contributed by atoms with Crippen molar-refractivity contribution >= 4 is 15.9 Å². The van der Waals surface area contributed by atoms with E-state index in [4.69, 9.17) is 0 Å². The van der Waals surface area contributed by atoms with Gasteiger partial charge in [0, 0.05) is 32.7 Å². The Morgan fingerprint density at radius 1 is 1.23 bits per heavy atom. The van der Waals surface area contributed by atoms with Gasteiger partial charge in [-0.05, 0) is 46.2 Å². The van der Waals surface area contributed by atoms with Crippen molar-refractivity contribution in [3.63, 3.8) is 0 Å². The molecule has 0 radical (unpaired) electrons. The van der Waals surface area contributed by atoms with Gasteiger partial charge >= 0.3 is 0 Å². The van der Waals surface area contributed by atoms with Crippen LogP contribution in [0, 0.1) is 5.41 Å². The van der Waals surface area contributed by atoms with E-state index in [-0.39, 0.29) is 11.2 Å². The molecule has 1 amide bonds. The molecule has 0 N–H and O–H groups in total. The highest BCUT2D eigenvalue weighted by molar-refractivity contribution is 7.90. The third-order valence-electron chi connectivity index (χ3n) is 5.27. The van der Waals surface area contributed by atoms with E-state index in [2.05, 4.69) is 4.90 Å². The molecule has 1 aliphatic carbocycles. The van der Waals surface area contributed by atoms with Crippen LogP contribution in [0.1, 0.15) is 32.1 Å². The van der Waals surface area contributed by atoms with Gasteiger partial charge in [0.15, 0.2) is 0 Å². The molecule has 1 spiro atoms. The van der Waals surface area contributed by atoms with Gasteiger partial charge in [0.25, 0.3) is 0 Å². The van der Waals surface area contributed by atoms with Crippen LogP contribution >= 0.6 is 0 Å². The van der Waals surface area contributed by atoms with Crippen molar-refractivity contribution in [2.24, 2.45) is 5.41 Å². The molecule has 1 saturated carbocycles. The highest BCUT2D eigenvalue weighted by Crippen LogP contribution is 2.42. The third kappa shape index (κ3) is 2.90. The Morgan fingerprint density at radius 2 is 1.95 bits per heavy atom. The summed E-state index contributed by atoms with van der Waals surface area (Å²) < 4.78 is 26.6. The Balaban J connectivity index is 1.69. The summed E-state index contributed by atoms with van der Waals surface area (Å²) in [4.78, 5) is 16.8. The molecule has 7 heteroatoms. The van der Waals surface area contributed by atoms with Gasteiger partial charge in [-0.3, -0.25) is 4.79 Å². The first-order chi connectivity index (χ1) is 10.3. The van der Waals surface area contributed by atoms with Gasteiger partial charge in [-0.25, -0.2) is 12.7 Å². The van der Waals surface area contributed by atoms with E-state index in [1.807, 2.05) is 19.0 Å². The van der Waals surface area contributed by atoms with E-state index in [0.29, 0.717) is 13.1 Å². The van der Waals surface area contributed by atoms with Crippen molar-refractivity contribution in [2.45, 2.75) is 37.4 Å². The molecular formula is C15H27N3O3S. The first-order valence-corrected chi connectivity index (χ1v) is 9.79. The lowest BCUT2D eigenvalue weighted by atomic mass is 9.79. The second kappa shape index (κ2) is 5.76. The van der Waals surface area contributed by atoms with E-state index in [0.717, 1.165) is 51.7 Å². The summed E-state index contributed by atoms with van der Waals surface area (Å²) in [6.07, 6.45) is 4.01. The smallest absolute Gasteiger partial charge is 0.230 e.